The van der Waals surface area contributed by atoms with E-state index in [2.05, 4.69) is 20.2 Å². The van der Waals surface area contributed by atoms with E-state index in [0.717, 1.165) is 11.4 Å². The number of rotatable bonds is 4. The van der Waals surface area contributed by atoms with Gasteiger partial charge >= 0.3 is 6.03 Å². The molecule has 2 aromatic carbocycles. The maximum atomic E-state index is 13.5. The van der Waals surface area contributed by atoms with Crippen LogP contribution in [0.3, 0.4) is 0 Å². The number of amides is 2. The minimum atomic E-state index is -0.423. The molecule has 0 atom stereocenters. The number of nitrogens with zero attached hydrogens (tertiary/aromatic N) is 4. The first kappa shape index (κ1) is 19.7. The highest BCUT2D eigenvalue weighted by Crippen LogP contribution is 2.25. The first-order valence-electron chi connectivity index (χ1n) is 9.53. The molecule has 2 amide bonds. The molecular weight excluding hydrogens is 389 g/mol. The Morgan fingerprint density at radius 2 is 1.80 bits per heavy atom. The molecule has 0 saturated carbocycles. The molecule has 0 bridgehead atoms. The molecule has 1 aliphatic heterocycles. The third kappa shape index (κ3) is 4.05. The number of piperazine rings is 1. The molecule has 156 valence electrons. The number of aromatic nitrogens is 2. The summed E-state index contributed by atoms with van der Waals surface area (Å²) < 4.78 is 24.1. The standard InChI is InChI=1S/C21H22FN5O3/c1-29-16-5-3-4-15(13-16)26-8-10-27(11-9-26)21(28)25-19-20(30-2)24-17-7-6-14(22)12-18(17)23-19/h3-7,12-13H,8-11H2,1-2H3,(H,23,25,28). The van der Waals surface area contributed by atoms with Crippen molar-refractivity contribution >= 4 is 28.6 Å². The number of methoxy groups -OCH3 is 2. The number of urea groups is 1. The van der Waals surface area contributed by atoms with E-state index in [1.165, 1.54) is 25.3 Å². The van der Waals surface area contributed by atoms with Gasteiger partial charge in [-0.1, -0.05) is 6.07 Å². The molecule has 1 fully saturated rings. The molecule has 2 heterocycles. The van der Waals surface area contributed by atoms with Gasteiger partial charge in [0.2, 0.25) is 0 Å². The van der Waals surface area contributed by atoms with Crippen LogP contribution in [0.15, 0.2) is 42.5 Å². The lowest BCUT2D eigenvalue weighted by Crippen LogP contribution is -2.50. The van der Waals surface area contributed by atoms with Crippen molar-refractivity contribution in [3.05, 3.63) is 48.3 Å². The van der Waals surface area contributed by atoms with Gasteiger partial charge in [0.15, 0.2) is 5.82 Å². The number of halogens is 1. The second-order valence-corrected chi connectivity index (χ2v) is 6.82. The Labute approximate surface area is 173 Å². The lowest BCUT2D eigenvalue weighted by atomic mass is 10.2. The van der Waals surface area contributed by atoms with E-state index >= 15 is 0 Å². The van der Waals surface area contributed by atoms with Gasteiger partial charge in [-0.05, 0) is 24.3 Å². The number of benzene rings is 2. The molecule has 8 nitrogen and oxygen atoms in total. The third-order valence-electron chi connectivity index (χ3n) is 5.00. The van der Waals surface area contributed by atoms with Crippen LogP contribution in [0, 0.1) is 5.82 Å². The second kappa shape index (κ2) is 8.40. The minimum absolute atomic E-state index is 0.163. The number of anilines is 2. The summed E-state index contributed by atoms with van der Waals surface area (Å²) in [5.41, 5.74) is 1.88. The smallest absolute Gasteiger partial charge is 0.323 e. The van der Waals surface area contributed by atoms with E-state index in [-0.39, 0.29) is 17.7 Å². The Bertz CT molecular complexity index is 1070. The Kier molecular flexibility index (Phi) is 5.51. The fourth-order valence-corrected chi connectivity index (χ4v) is 3.39. The van der Waals surface area contributed by atoms with Gasteiger partial charge < -0.3 is 19.3 Å². The molecule has 1 N–H and O–H groups in total. The summed E-state index contributed by atoms with van der Waals surface area (Å²) >= 11 is 0. The van der Waals surface area contributed by atoms with Crippen molar-refractivity contribution in [2.45, 2.75) is 0 Å². The van der Waals surface area contributed by atoms with Gasteiger partial charge in [-0.15, -0.1) is 0 Å². The van der Waals surface area contributed by atoms with Crippen LogP contribution >= 0.6 is 0 Å². The Morgan fingerprint density at radius 1 is 1.00 bits per heavy atom. The van der Waals surface area contributed by atoms with Gasteiger partial charge in [-0.2, -0.15) is 0 Å². The van der Waals surface area contributed by atoms with Crippen molar-refractivity contribution in [3.8, 4) is 11.6 Å². The number of carbonyl (C=O) groups is 1. The van der Waals surface area contributed by atoms with Crippen molar-refractivity contribution < 1.29 is 18.7 Å². The molecule has 30 heavy (non-hydrogen) atoms. The topological polar surface area (TPSA) is 79.8 Å². The van der Waals surface area contributed by atoms with E-state index in [1.807, 2.05) is 24.3 Å². The summed E-state index contributed by atoms with van der Waals surface area (Å²) in [5.74, 6) is 0.715. The van der Waals surface area contributed by atoms with E-state index < -0.39 is 5.82 Å². The Hall–Kier alpha value is -3.62. The highest BCUT2D eigenvalue weighted by molar-refractivity contribution is 5.91. The number of fused-ring (bicyclic) bond motifs is 1. The molecule has 0 spiro atoms. The van der Waals surface area contributed by atoms with Crippen LogP contribution in [0.5, 0.6) is 11.6 Å². The maximum Gasteiger partial charge on any atom is 0.323 e. The van der Waals surface area contributed by atoms with Gasteiger partial charge in [0.25, 0.3) is 5.88 Å². The molecule has 1 aromatic heterocycles. The van der Waals surface area contributed by atoms with Crippen molar-refractivity contribution in [1.29, 1.82) is 0 Å². The molecule has 0 unspecified atom stereocenters. The maximum absolute atomic E-state index is 13.5. The van der Waals surface area contributed by atoms with E-state index in [4.69, 9.17) is 9.47 Å². The molecule has 1 aliphatic rings. The first-order valence-corrected chi connectivity index (χ1v) is 9.53. The van der Waals surface area contributed by atoms with E-state index in [9.17, 15) is 9.18 Å². The summed E-state index contributed by atoms with van der Waals surface area (Å²) in [6.07, 6.45) is 0. The van der Waals surface area contributed by atoms with E-state index in [0.29, 0.717) is 37.2 Å². The van der Waals surface area contributed by atoms with Crippen molar-refractivity contribution in [2.24, 2.45) is 0 Å². The predicted molar refractivity (Wildman–Crippen MR) is 112 cm³/mol. The molecule has 9 heteroatoms. The Balaban J connectivity index is 1.44. The summed E-state index contributed by atoms with van der Waals surface area (Å²) in [6, 6.07) is 11.6. The zero-order chi connectivity index (χ0) is 21.1. The molecule has 0 radical (unpaired) electrons. The van der Waals surface area contributed by atoms with Gasteiger partial charge in [-0.25, -0.2) is 19.2 Å². The number of hydrogen-bond donors (Lipinski definition) is 1. The quantitative estimate of drug-likeness (QED) is 0.711. The fraction of sp³-hybridized carbons (Fsp3) is 0.286. The summed E-state index contributed by atoms with van der Waals surface area (Å²) in [4.78, 5) is 25.3. The Morgan fingerprint density at radius 3 is 2.53 bits per heavy atom. The van der Waals surface area contributed by atoms with Gasteiger partial charge in [-0.3, -0.25) is 5.32 Å². The van der Waals surface area contributed by atoms with Gasteiger partial charge in [0.1, 0.15) is 11.6 Å². The van der Waals surface area contributed by atoms with Crippen LogP contribution in [0.25, 0.3) is 11.0 Å². The van der Waals surface area contributed by atoms with Crippen LogP contribution in [0.1, 0.15) is 0 Å². The minimum Gasteiger partial charge on any atom is -0.497 e. The SMILES string of the molecule is COc1cccc(N2CCN(C(=O)Nc3nc4cc(F)ccc4nc3OC)CC2)c1. The number of hydrogen-bond acceptors (Lipinski definition) is 6. The lowest BCUT2D eigenvalue weighted by Gasteiger charge is -2.36. The zero-order valence-corrected chi connectivity index (χ0v) is 16.8. The predicted octanol–water partition coefficient (Wildman–Crippen LogP) is 3.14. The molecular formula is C21H22FN5O3. The summed E-state index contributed by atoms with van der Waals surface area (Å²) in [7, 11) is 3.08. The highest BCUT2D eigenvalue weighted by Gasteiger charge is 2.23. The second-order valence-electron chi connectivity index (χ2n) is 6.82. The van der Waals surface area contributed by atoms with Crippen LogP contribution in [0.2, 0.25) is 0 Å². The zero-order valence-electron chi connectivity index (χ0n) is 16.8. The molecule has 1 saturated heterocycles. The third-order valence-corrected chi connectivity index (χ3v) is 5.00. The van der Waals surface area contributed by atoms with Gasteiger partial charge in [0, 0.05) is 44.0 Å². The van der Waals surface area contributed by atoms with Crippen molar-refractivity contribution in [2.75, 3.05) is 50.6 Å². The number of nitrogens with one attached hydrogen (secondary N) is 1. The summed E-state index contributed by atoms with van der Waals surface area (Å²) in [6.45, 7) is 2.46. The lowest BCUT2D eigenvalue weighted by molar-refractivity contribution is 0.208. The van der Waals surface area contributed by atoms with Gasteiger partial charge in [0.05, 0.1) is 25.3 Å². The van der Waals surface area contributed by atoms with E-state index in [1.54, 1.807) is 12.0 Å². The molecule has 3 aromatic rings. The number of ether oxygens (including phenoxy) is 2. The van der Waals surface area contributed by atoms with Crippen LogP contribution in [-0.2, 0) is 0 Å². The van der Waals surface area contributed by atoms with Crippen molar-refractivity contribution in [1.82, 2.24) is 14.9 Å². The van der Waals surface area contributed by atoms with Crippen LogP contribution in [-0.4, -0.2) is 61.3 Å². The first-order chi connectivity index (χ1) is 14.6. The van der Waals surface area contributed by atoms with Crippen LogP contribution in [0.4, 0.5) is 20.7 Å². The van der Waals surface area contributed by atoms with Crippen LogP contribution < -0.4 is 19.7 Å². The monoisotopic (exact) mass is 411 g/mol. The molecule has 4 rings (SSSR count). The fourth-order valence-electron chi connectivity index (χ4n) is 3.39. The van der Waals surface area contributed by atoms with Crippen molar-refractivity contribution in [3.63, 3.8) is 0 Å². The number of carbonyl (C=O) groups excluding carboxylic acids is 1. The normalized spacial score (nSPS) is 14.0. The summed E-state index contributed by atoms with van der Waals surface area (Å²) in [5, 5.41) is 2.74. The highest BCUT2D eigenvalue weighted by atomic mass is 19.1. The average Bonchev–Trinajstić information content (AvgIpc) is 2.78. The largest absolute Gasteiger partial charge is 0.497 e. The average molecular weight is 411 g/mol. The molecule has 0 aliphatic carbocycles.